The van der Waals surface area contributed by atoms with E-state index in [1.165, 1.54) is 0 Å². The molecule has 3 atom stereocenters. The lowest BCUT2D eigenvalue weighted by Crippen LogP contribution is -2.49. The molecule has 1 aromatic carbocycles. The number of hydrogen-bond donors (Lipinski definition) is 2. The van der Waals surface area contributed by atoms with Crippen LogP contribution in [0.1, 0.15) is 52.0 Å². The van der Waals surface area contributed by atoms with Gasteiger partial charge in [-0.3, -0.25) is 9.59 Å². The van der Waals surface area contributed by atoms with E-state index in [0.29, 0.717) is 18.8 Å². The molecule has 1 fully saturated rings. The van der Waals surface area contributed by atoms with Crippen molar-refractivity contribution >= 4 is 11.9 Å². The molecule has 0 bridgehead atoms. The third-order valence-corrected chi connectivity index (χ3v) is 5.21. The molecule has 24 heavy (non-hydrogen) atoms. The first-order valence-electron chi connectivity index (χ1n) is 8.90. The van der Waals surface area contributed by atoms with Crippen LogP contribution in [0, 0.1) is 17.3 Å². The van der Waals surface area contributed by atoms with Crippen molar-refractivity contribution in [2.75, 3.05) is 0 Å². The lowest BCUT2D eigenvalue weighted by Gasteiger charge is -2.29. The summed E-state index contributed by atoms with van der Waals surface area (Å²) < 4.78 is 0. The van der Waals surface area contributed by atoms with Crippen LogP contribution in [0.3, 0.4) is 0 Å². The van der Waals surface area contributed by atoms with E-state index in [1.54, 1.807) is 6.92 Å². The lowest BCUT2D eigenvalue weighted by atomic mass is 9.84. The molecule has 0 spiro atoms. The summed E-state index contributed by atoms with van der Waals surface area (Å²) in [4.78, 5) is 24.4. The van der Waals surface area contributed by atoms with E-state index in [-0.39, 0.29) is 17.9 Å². The second-order valence-corrected chi connectivity index (χ2v) is 7.69. The van der Waals surface area contributed by atoms with Crippen LogP contribution >= 0.6 is 0 Å². The average Bonchev–Trinajstić information content (AvgIpc) is 2.89. The number of carboxylic acid groups (broad SMARTS) is 1. The molecule has 4 heteroatoms. The highest BCUT2D eigenvalue weighted by atomic mass is 16.4. The summed E-state index contributed by atoms with van der Waals surface area (Å²) in [6, 6.07) is 9.75. The molecule has 1 aliphatic carbocycles. The highest BCUT2D eigenvalue weighted by Gasteiger charge is 2.46. The Morgan fingerprint density at radius 1 is 1.29 bits per heavy atom. The number of benzene rings is 1. The van der Waals surface area contributed by atoms with Gasteiger partial charge in [0, 0.05) is 12.0 Å². The minimum absolute atomic E-state index is 0.00747. The fraction of sp³-hybridized carbons (Fsp3) is 0.600. The first-order valence-corrected chi connectivity index (χ1v) is 8.90. The number of carboxylic acids is 1. The van der Waals surface area contributed by atoms with Gasteiger partial charge in [0.25, 0.3) is 0 Å². The second-order valence-electron chi connectivity index (χ2n) is 7.69. The third-order valence-electron chi connectivity index (χ3n) is 5.21. The Balaban J connectivity index is 2.08. The monoisotopic (exact) mass is 331 g/mol. The number of carbonyl (C=O) groups is 2. The summed E-state index contributed by atoms with van der Waals surface area (Å²) in [5.74, 6) is -0.523. The van der Waals surface area contributed by atoms with Crippen LogP contribution in [0.25, 0.3) is 0 Å². The van der Waals surface area contributed by atoms with Crippen LogP contribution in [0.15, 0.2) is 30.3 Å². The van der Waals surface area contributed by atoms with Crippen LogP contribution in [-0.4, -0.2) is 23.0 Å². The van der Waals surface area contributed by atoms with Gasteiger partial charge >= 0.3 is 5.97 Å². The Bertz CT molecular complexity index is 570. The van der Waals surface area contributed by atoms with Crippen LogP contribution in [0.5, 0.6) is 0 Å². The molecule has 2 N–H and O–H groups in total. The van der Waals surface area contributed by atoms with Crippen molar-refractivity contribution in [2.24, 2.45) is 17.3 Å². The van der Waals surface area contributed by atoms with Crippen molar-refractivity contribution in [3.05, 3.63) is 35.9 Å². The average molecular weight is 331 g/mol. The molecule has 0 aromatic heterocycles. The normalized spacial score (nSPS) is 24.8. The van der Waals surface area contributed by atoms with Gasteiger partial charge in [-0.25, -0.2) is 0 Å². The van der Waals surface area contributed by atoms with Gasteiger partial charge in [-0.2, -0.15) is 0 Å². The highest BCUT2D eigenvalue weighted by Crippen LogP contribution is 2.38. The lowest BCUT2D eigenvalue weighted by molar-refractivity contribution is -0.149. The SMILES string of the molecule is CC(C)CC(Cc1ccccc1)C(=O)NC1CCCC1(C)C(=O)O. The van der Waals surface area contributed by atoms with Crippen molar-refractivity contribution < 1.29 is 14.7 Å². The minimum Gasteiger partial charge on any atom is -0.481 e. The third kappa shape index (κ3) is 4.37. The van der Waals surface area contributed by atoms with E-state index in [4.69, 9.17) is 0 Å². The molecule has 0 heterocycles. The van der Waals surface area contributed by atoms with Crippen LogP contribution in [-0.2, 0) is 16.0 Å². The van der Waals surface area contributed by atoms with Gasteiger partial charge in [-0.15, -0.1) is 0 Å². The fourth-order valence-electron chi connectivity index (χ4n) is 3.69. The molecule has 1 aliphatic rings. The topological polar surface area (TPSA) is 66.4 Å². The largest absolute Gasteiger partial charge is 0.481 e. The maximum Gasteiger partial charge on any atom is 0.311 e. The van der Waals surface area contributed by atoms with Gasteiger partial charge in [0.1, 0.15) is 0 Å². The number of aliphatic carboxylic acids is 1. The Morgan fingerprint density at radius 2 is 1.96 bits per heavy atom. The first kappa shape index (κ1) is 18.5. The zero-order valence-electron chi connectivity index (χ0n) is 14.9. The maximum absolute atomic E-state index is 12.8. The van der Waals surface area contributed by atoms with E-state index in [0.717, 1.165) is 24.8 Å². The van der Waals surface area contributed by atoms with Gasteiger partial charge in [0.15, 0.2) is 0 Å². The molecule has 0 radical (unpaired) electrons. The molecule has 2 rings (SSSR count). The Kier molecular flexibility index (Phi) is 6.03. The number of amides is 1. The Morgan fingerprint density at radius 3 is 2.54 bits per heavy atom. The van der Waals surface area contributed by atoms with Crippen LogP contribution in [0.2, 0.25) is 0 Å². The van der Waals surface area contributed by atoms with E-state index < -0.39 is 11.4 Å². The molecule has 132 valence electrons. The first-order chi connectivity index (χ1) is 11.3. The van der Waals surface area contributed by atoms with Crippen LogP contribution in [0.4, 0.5) is 0 Å². The quantitative estimate of drug-likeness (QED) is 0.801. The predicted molar refractivity (Wildman–Crippen MR) is 94.6 cm³/mol. The zero-order valence-corrected chi connectivity index (χ0v) is 14.9. The van der Waals surface area contributed by atoms with E-state index in [9.17, 15) is 14.7 Å². The summed E-state index contributed by atoms with van der Waals surface area (Å²) in [6.07, 6.45) is 3.72. The molecule has 1 amide bonds. The van der Waals surface area contributed by atoms with E-state index in [1.807, 2.05) is 30.3 Å². The molecule has 4 nitrogen and oxygen atoms in total. The number of rotatable bonds is 7. The second kappa shape index (κ2) is 7.82. The van der Waals surface area contributed by atoms with Gasteiger partial charge in [0.05, 0.1) is 5.41 Å². The summed E-state index contributed by atoms with van der Waals surface area (Å²) in [7, 11) is 0. The Labute approximate surface area is 144 Å². The molecule has 3 unspecified atom stereocenters. The van der Waals surface area contributed by atoms with Crippen molar-refractivity contribution in [2.45, 2.75) is 58.9 Å². The van der Waals surface area contributed by atoms with Crippen LogP contribution < -0.4 is 5.32 Å². The smallest absolute Gasteiger partial charge is 0.311 e. The van der Waals surface area contributed by atoms with E-state index >= 15 is 0 Å². The highest BCUT2D eigenvalue weighted by molar-refractivity contribution is 5.82. The number of carbonyl (C=O) groups excluding carboxylic acids is 1. The van der Waals surface area contributed by atoms with Gasteiger partial charge in [-0.1, -0.05) is 50.6 Å². The van der Waals surface area contributed by atoms with Gasteiger partial charge in [-0.05, 0) is 44.1 Å². The summed E-state index contributed by atoms with van der Waals surface area (Å²) in [5, 5.41) is 12.6. The summed E-state index contributed by atoms with van der Waals surface area (Å²) in [5.41, 5.74) is 0.302. The number of hydrogen-bond acceptors (Lipinski definition) is 2. The molecular formula is C20H29NO3. The van der Waals surface area contributed by atoms with Crippen molar-refractivity contribution in [1.82, 2.24) is 5.32 Å². The van der Waals surface area contributed by atoms with Crippen molar-refractivity contribution in [1.29, 1.82) is 0 Å². The van der Waals surface area contributed by atoms with Crippen molar-refractivity contribution in [3.8, 4) is 0 Å². The minimum atomic E-state index is -0.842. The summed E-state index contributed by atoms with van der Waals surface area (Å²) in [6.45, 7) is 5.98. The van der Waals surface area contributed by atoms with Gasteiger partial charge in [0.2, 0.25) is 5.91 Å². The zero-order chi connectivity index (χ0) is 17.7. The fourth-order valence-corrected chi connectivity index (χ4v) is 3.69. The molecule has 1 aromatic rings. The van der Waals surface area contributed by atoms with Gasteiger partial charge < -0.3 is 10.4 Å². The molecule has 0 saturated heterocycles. The summed E-state index contributed by atoms with van der Waals surface area (Å²) >= 11 is 0. The van der Waals surface area contributed by atoms with Crippen molar-refractivity contribution in [3.63, 3.8) is 0 Å². The predicted octanol–water partition coefficient (Wildman–Crippen LogP) is 3.65. The molecule has 0 aliphatic heterocycles. The van der Waals surface area contributed by atoms with E-state index in [2.05, 4.69) is 19.2 Å². The maximum atomic E-state index is 12.8. The number of nitrogens with one attached hydrogen (secondary N) is 1. The standard InChI is InChI=1S/C20H29NO3/c1-14(2)12-16(13-15-8-5-4-6-9-15)18(22)21-17-10-7-11-20(17,3)19(23)24/h4-6,8-9,14,16-17H,7,10-13H2,1-3H3,(H,21,22)(H,23,24). The molecule has 1 saturated carbocycles. The Hall–Kier alpha value is -1.84. The molecular weight excluding hydrogens is 302 g/mol.